The molecule has 1 heterocycles. The molecule has 2 aromatic rings. The Balaban J connectivity index is 2.54. The van der Waals surface area contributed by atoms with Crippen LogP contribution in [0.15, 0.2) is 24.4 Å². The zero-order valence-electron chi connectivity index (χ0n) is 9.89. The van der Waals surface area contributed by atoms with Crippen molar-refractivity contribution in [1.82, 2.24) is 10.3 Å². The first kappa shape index (κ1) is 14.6. The first-order chi connectivity index (χ1) is 9.34. The summed E-state index contributed by atoms with van der Waals surface area (Å²) in [5, 5.41) is 1.54. The van der Waals surface area contributed by atoms with E-state index in [2.05, 4.69) is 4.98 Å². The van der Waals surface area contributed by atoms with Crippen molar-refractivity contribution in [2.24, 2.45) is 0 Å². The molecule has 0 bridgehead atoms. The standard InChI is InChI=1S/C12H9ClF4N2O/c13-4-9(20)19-11(12(15,16)17)6-5-18-8-3-1-2-7(14)10(6)8/h1-3,5,11,18H,4H2,(H,19,20). The molecule has 1 amide bonds. The minimum Gasteiger partial charge on any atom is -0.361 e. The third kappa shape index (κ3) is 2.72. The number of aromatic amines is 1. The number of halogens is 5. The third-order valence-corrected chi connectivity index (χ3v) is 2.99. The second-order valence-electron chi connectivity index (χ2n) is 4.08. The summed E-state index contributed by atoms with van der Waals surface area (Å²) in [6.45, 7) is 0. The van der Waals surface area contributed by atoms with Crippen molar-refractivity contribution in [3.63, 3.8) is 0 Å². The van der Waals surface area contributed by atoms with Crippen LogP contribution in [0.5, 0.6) is 0 Å². The number of hydrogen-bond donors (Lipinski definition) is 2. The molecule has 0 saturated carbocycles. The molecule has 2 N–H and O–H groups in total. The third-order valence-electron chi connectivity index (χ3n) is 2.75. The molecule has 108 valence electrons. The Morgan fingerprint density at radius 2 is 2.10 bits per heavy atom. The Hall–Kier alpha value is -1.76. The highest BCUT2D eigenvalue weighted by Gasteiger charge is 2.43. The number of H-pyrrole nitrogens is 1. The average molecular weight is 309 g/mol. The number of carbonyl (C=O) groups excluding carboxylic acids is 1. The van der Waals surface area contributed by atoms with Crippen LogP contribution in [0.3, 0.4) is 0 Å². The highest BCUT2D eigenvalue weighted by molar-refractivity contribution is 6.27. The molecular weight excluding hydrogens is 300 g/mol. The highest BCUT2D eigenvalue weighted by Crippen LogP contribution is 2.37. The molecule has 8 heteroatoms. The van der Waals surface area contributed by atoms with Gasteiger partial charge < -0.3 is 10.3 Å². The Kier molecular flexibility index (Phi) is 3.89. The van der Waals surface area contributed by atoms with Gasteiger partial charge >= 0.3 is 6.18 Å². The van der Waals surface area contributed by atoms with Crippen LogP contribution >= 0.6 is 11.6 Å². The zero-order chi connectivity index (χ0) is 14.9. The summed E-state index contributed by atoms with van der Waals surface area (Å²) in [5.74, 6) is -2.40. The van der Waals surface area contributed by atoms with Crippen LogP contribution < -0.4 is 5.32 Å². The van der Waals surface area contributed by atoms with Crippen LogP contribution in [0.1, 0.15) is 11.6 Å². The van der Waals surface area contributed by atoms with Gasteiger partial charge in [0.15, 0.2) is 6.04 Å². The Labute approximate surface area is 115 Å². The van der Waals surface area contributed by atoms with Crippen molar-refractivity contribution >= 4 is 28.4 Å². The van der Waals surface area contributed by atoms with E-state index in [-0.39, 0.29) is 16.5 Å². The van der Waals surface area contributed by atoms with Crippen LogP contribution in [-0.4, -0.2) is 22.9 Å². The first-order valence-corrected chi connectivity index (χ1v) is 6.05. The molecule has 0 aliphatic carbocycles. The fourth-order valence-corrected chi connectivity index (χ4v) is 2.01. The van der Waals surface area contributed by atoms with Gasteiger partial charge in [-0.25, -0.2) is 4.39 Å². The van der Waals surface area contributed by atoms with Gasteiger partial charge in [0.1, 0.15) is 11.7 Å². The molecule has 0 aliphatic heterocycles. The molecule has 0 aliphatic rings. The monoisotopic (exact) mass is 308 g/mol. The molecule has 1 aromatic carbocycles. The van der Waals surface area contributed by atoms with E-state index in [0.29, 0.717) is 0 Å². The van der Waals surface area contributed by atoms with Gasteiger partial charge in [-0.3, -0.25) is 4.79 Å². The number of aromatic nitrogens is 1. The van der Waals surface area contributed by atoms with E-state index < -0.39 is 29.8 Å². The summed E-state index contributed by atoms with van der Waals surface area (Å²) >= 11 is 5.20. The predicted molar refractivity (Wildman–Crippen MR) is 65.9 cm³/mol. The maximum absolute atomic E-state index is 13.7. The largest absolute Gasteiger partial charge is 0.412 e. The van der Waals surface area contributed by atoms with Crippen molar-refractivity contribution in [1.29, 1.82) is 0 Å². The van der Waals surface area contributed by atoms with Crippen molar-refractivity contribution in [2.45, 2.75) is 12.2 Å². The average Bonchev–Trinajstić information content (AvgIpc) is 2.79. The van der Waals surface area contributed by atoms with E-state index in [1.807, 2.05) is 0 Å². The van der Waals surface area contributed by atoms with Crippen LogP contribution in [0.4, 0.5) is 17.6 Å². The summed E-state index contributed by atoms with van der Waals surface area (Å²) in [5.41, 5.74) is -0.168. The van der Waals surface area contributed by atoms with Gasteiger partial charge in [-0.05, 0) is 12.1 Å². The van der Waals surface area contributed by atoms with Crippen molar-refractivity contribution < 1.29 is 22.4 Å². The van der Waals surface area contributed by atoms with E-state index in [4.69, 9.17) is 11.6 Å². The van der Waals surface area contributed by atoms with Crippen LogP contribution in [0.2, 0.25) is 0 Å². The van der Waals surface area contributed by atoms with E-state index in [0.717, 1.165) is 12.3 Å². The Morgan fingerprint density at radius 3 is 2.70 bits per heavy atom. The molecule has 0 radical (unpaired) electrons. The van der Waals surface area contributed by atoms with Gasteiger partial charge in [-0.15, -0.1) is 11.6 Å². The Morgan fingerprint density at radius 1 is 1.40 bits per heavy atom. The van der Waals surface area contributed by atoms with E-state index in [9.17, 15) is 22.4 Å². The van der Waals surface area contributed by atoms with Gasteiger partial charge in [-0.2, -0.15) is 13.2 Å². The highest BCUT2D eigenvalue weighted by atomic mass is 35.5. The minimum absolute atomic E-state index is 0.204. The molecule has 1 atom stereocenters. The molecule has 1 aromatic heterocycles. The minimum atomic E-state index is -4.76. The number of alkyl halides is 4. The zero-order valence-corrected chi connectivity index (χ0v) is 10.6. The topological polar surface area (TPSA) is 44.9 Å². The van der Waals surface area contributed by atoms with Crippen molar-refractivity contribution in [3.05, 3.63) is 35.8 Å². The van der Waals surface area contributed by atoms with Gasteiger partial charge in [0, 0.05) is 22.7 Å². The number of nitrogens with one attached hydrogen (secondary N) is 2. The van der Waals surface area contributed by atoms with Crippen molar-refractivity contribution in [2.75, 3.05) is 5.88 Å². The molecule has 20 heavy (non-hydrogen) atoms. The predicted octanol–water partition coefficient (Wildman–Crippen LogP) is 3.27. The number of amides is 1. The summed E-state index contributed by atoms with van der Waals surface area (Å²) < 4.78 is 52.9. The lowest BCUT2D eigenvalue weighted by Crippen LogP contribution is -2.38. The van der Waals surface area contributed by atoms with E-state index in [1.165, 1.54) is 12.1 Å². The second-order valence-corrected chi connectivity index (χ2v) is 4.35. The lowest BCUT2D eigenvalue weighted by atomic mass is 10.0. The maximum atomic E-state index is 13.7. The fraction of sp³-hybridized carbons (Fsp3) is 0.250. The molecule has 0 spiro atoms. The maximum Gasteiger partial charge on any atom is 0.412 e. The number of carbonyl (C=O) groups is 1. The molecule has 3 nitrogen and oxygen atoms in total. The number of hydrogen-bond acceptors (Lipinski definition) is 1. The lowest BCUT2D eigenvalue weighted by Gasteiger charge is -2.21. The first-order valence-electron chi connectivity index (χ1n) is 5.52. The van der Waals surface area contributed by atoms with Crippen LogP contribution in [0.25, 0.3) is 10.9 Å². The van der Waals surface area contributed by atoms with E-state index >= 15 is 0 Å². The number of fused-ring (bicyclic) bond motifs is 1. The van der Waals surface area contributed by atoms with Crippen LogP contribution in [-0.2, 0) is 4.79 Å². The van der Waals surface area contributed by atoms with E-state index in [1.54, 1.807) is 5.32 Å². The molecule has 0 saturated heterocycles. The number of rotatable bonds is 3. The SMILES string of the molecule is O=C(CCl)NC(c1c[nH]c2cccc(F)c12)C(F)(F)F. The second kappa shape index (κ2) is 5.32. The molecular formula is C12H9ClF4N2O. The smallest absolute Gasteiger partial charge is 0.361 e. The fourth-order valence-electron chi connectivity index (χ4n) is 1.93. The molecule has 2 rings (SSSR count). The lowest BCUT2D eigenvalue weighted by molar-refractivity contribution is -0.162. The quantitative estimate of drug-likeness (QED) is 0.663. The van der Waals surface area contributed by atoms with Gasteiger partial charge in [0.05, 0.1) is 0 Å². The van der Waals surface area contributed by atoms with Gasteiger partial charge in [0.2, 0.25) is 5.91 Å². The summed E-state index contributed by atoms with van der Waals surface area (Å²) in [7, 11) is 0. The molecule has 0 fully saturated rings. The van der Waals surface area contributed by atoms with Gasteiger partial charge in [0.25, 0.3) is 0 Å². The summed E-state index contributed by atoms with van der Waals surface area (Å²) in [6, 6.07) is 1.55. The van der Waals surface area contributed by atoms with Crippen LogP contribution in [0, 0.1) is 5.82 Å². The molecule has 1 unspecified atom stereocenters. The normalized spacial score (nSPS) is 13.4. The van der Waals surface area contributed by atoms with Crippen molar-refractivity contribution in [3.8, 4) is 0 Å². The summed E-state index contributed by atoms with van der Waals surface area (Å²) in [4.78, 5) is 13.7. The number of benzene rings is 1. The Bertz CT molecular complexity index is 638. The van der Waals surface area contributed by atoms with Gasteiger partial charge in [-0.1, -0.05) is 6.07 Å². The summed E-state index contributed by atoms with van der Waals surface area (Å²) in [6.07, 6.45) is -3.74.